The monoisotopic (exact) mass is 523 g/mol. The van der Waals surface area contributed by atoms with Gasteiger partial charge in [-0.05, 0) is 69.6 Å². The third-order valence-electron chi connectivity index (χ3n) is 4.51. The van der Waals surface area contributed by atoms with Crippen molar-refractivity contribution < 1.29 is 19.2 Å². The van der Waals surface area contributed by atoms with Crippen molar-refractivity contribution in [3.63, 3.8) is 0 Å². The average Bonchev–Trinajstić information content (AvgIpc) is 2.73. The summed E-state index contributed by atoms with van der Waals surface area (Å²) < 4.78 is 6.27. The van der Waals surface area contributed by atoms with E-state index in [0.29, 0.717) is 15.8 Å². The first-order chi connectivity index (χ1) is 14.6. The van der Waals surface area contributed by atoms with Crippen LogP contribution in [0.5, 0.6) is 5.75 Å². The molecule has 2 aromatic rings. The van der Waals surface area contributed by atoms with Gasteiger partial charge in [0.2, 0.25) is 0 Å². The van der Waals surface area contributed by atoms with Crippen LogP contribution in [0.3, 0.4) is 0 Å². The van der Waals surface area contributed by atoms with Gasteiger partial charge in [0.25, 0.3) is 17.5 Å². The normalized spacial score (nSPS) is 14.2. The summed E-state index contributed by atoms with van der Waals surface area (Å²) in [4.78, 5) is 37.6. The van der Waals surface area contributed by atoms with Crippen molar-refractivity contribution in [3.05, 3.63) is 72.7 Å². The smallest absolute Gasteiger partial charge is 0.269 e. The van der Waals surface area contributed by atoms with Gasteiger partial charge in [0.1, 0.15) is 12.2 Å². The first-order valence-corrected chi connectivity index (χ1v) is 10.3. The van der Waals surface area contributed by atoms with Gasteiger partial charge in [-0.25, -0.2) is 0 Å². The Morgan fingerprint density at radius 3 is 2.26 bits per heavy atom. The zero-order chi connectivity index (χ0) is 22.9. The molecule has 0 unspecified atom stereocenters. The summed E-state index contributed by atoms with van der Waals surface area (Å²) in [5.41, 5.74) is 1.19. The summed E-state index contributed by atoms with van der Waals surface area (Å²) in [7, 11) is 3.00. The number of nitro groups is 1. The topological polar surface area (TPSA) is 93.0 Å². The molecule has 0 aromatic heterocycles. The molecule has 11 heteroatoms. The van der Waals surface area contributed by atoms with Crippen LogP contribution in [0.2, 0.25) is 5.02 Å². The summed E-state index contributed by atoms with van der Waals surface area (Å²) in [5, 5.41) is 11.1. The fourth-order valence-corrected chi connectivity index (χ4v) is 3.97. The van der Waals surface area contributed by atoms with Crippen LogP contribution in [0.25, 0.3) is 6.08 Å². The Bertz CT molecular complexity index is 1090. The van der Waals surface area contributed by atoms with Gasteiger partial charge < -0.3 is 4.74 Å². The van der Waals surface area contributed by atoms with E-state index in [1.54, 1.807) is 24.3 Å². The number of rotatable bonds is 5. The Morgan fingerprint density at radius 1 is 1.16 bits per heavy atom. The lowest BCUT2D eigenvalue weighted by Gasteiger charge is -2.31. The minimum absolute atomic E-state index is 0.00999. The van der Waals surface area contributed by atoms with E-state index in [-0.39, 0.29) is 28.0 Å². The van der Waals surface area contributed by atoms with Gasteiger partial charge in [0.15, 0.2) is 10.9 Å². The van der Waals surface area contributed by atoms with Gasteiger partial charge in [-0.2, -0.15) is 0 Å². The molecule has 3 rings (SSSR count). The fourth-order valence-electron chi connectivity index (χ4n) is 2.81. The number of nitro benzene ring substituents is 1. The van der Waals surface area contributed by atoms with Gasteiger partial charge in [0.05, 0.1) is 14.4 Å². The summed E-state index contributed by atoms with van der Waals surface area (Å²) in [6.45, 7) is 0.140. The third-order valence-corrected chi connectivity index (χ3v) is 5.92. The van der Waals surface area contributed by atoms with E-state index in [0.717, 1.165) is 5.56 Å². The number of benzene rings is 2. The lowest BCUT2D eigenvalue weighted by atomic mass is 10.1. The maximum atomic E-state index is 12.5. The number of ether oxygens (including phenoxy) is 1. The lowest BCUT2D eigenvalue weighted by molar-refractivity contribution is -0.384. The number of carbonyl (C=O) groups is 2. The van der Waals surface area contributed by atoms with Crippen LogP contribution in [0.15, 0.2) is 46.4 Å². The van der Waals surface area contributed by atoms with Crippen LogP contribution >= 0.6 is 39.7 Å². The minimum atomic E-state index is -0.501. The summed E-state index contributed by atoms with van der Waals surface area (Å²) in [6, 6.07) is 9.20. The largest absolute Gasteiger partial charge is 0.486 e. The van der Waals surface area contributed by atoms with Crippen LogP contribution in [0.1, 0.15) is 11.1 Å². The molecule has 0 radical (unpaired) electrons. The molecular formula is C20H15BrClN3O5S. The van der Waals surface area contributed by atoms with Gasteiger partial charge in [-0.3, -0.25) is 29.5 Å². The van der Waals surface area contributed by atoms with Gasteiger partial charge in [-0.1, -0.05) is 11.6 Å². The first kappa shape index (κ1) is 22.9. The summed E-state index contributed by atoms with van der Waals surface area (Å²) in [6.07, 6.45) is 1.44. The highest BCUT2D eigenvalue weighted by Gasteiger charge is 2.35. The number of hydrogen-bond acceptors (Lipinski definition) is 6. The zero-order valence-corrected chi connectivity index (χ0v) is 19.5. The minimum Gasteiger partial charge on any atom is -0.486 e. The molecule has 1 heterocycles. The molecule has 0 N–H and O–H groups in total. The number of halogens is 2. The van der Waals surface area contributed by atoms with E-state index >= 15 is 0 Å². The van der Waals surface area contributed by atoms with E-state index < -0.39 is 16.7 Å². The van der Waals surface area contributed by atoms with Crippen molar-refractivity contribution in [3.8, 4) is 5.75 Å². The molecule has 2 aromatic carbocycles. The highest BCUT2D eigenvalue weighted by Crippen LogP contribution is 2.36. The molecule has 0 spiro atoms. The molecule has 1 saturated heterocycles. The first-order valence-electron chi connectivity index (χ1n) is 8.77. The highest BCUT2D eigenvalue weighted by molar-refractivity contribution is 9.10. The molecule has 0 aliphatic carbocycles. The molecule has 1 aliphatic rings. The van der Waals surface area contributed by atoms with E-state index in [1.807, 2.05) is 0 Å². The predicted molar refractivity (Wildman–Crippen MR) is 123 cm³/mol. The number of likely N-dealkylation sites (N-methyl/N-ethyl adjacent to an activating group) is 2. The Balaban J connectivity index is 1.82. The van der Waals surface area contributed by atoms with Crippen molar-refractivity contribution in [2.75, 3.05) is 14.1 Å². The molecule has 0 saturated carbocycles. The number of non-ortho nitro benzene ring substituents is 1. The van der Waals surface area contributed by atoms with Crippen LogP contribution < -0.4 is 4.74 Å². The maximum Gasteiger partial charge on any atom is 0.269 e. The number of carbonyl (C=O) groups excluding carboxylic acids is 2. The fraction of sp³-hybridized carbons (Fsp3) is 0.150. The molecular weight excluding hydrogens is 510 g/mol. The van der Waals surface area contributed by atoms with Crippen molar-refractivity contribution >= 4 is 68.4 Å². The SMILES string of the molecule is CN1C(=O)C(=Cc2cc(Cl)c(OCc3ccc([N+](=O)[O-])cc3)c(Br)c2)C(=O)N(C)C1=S. The number of nitrogens with zero attached hydrogens (tertiary/aromatic N) is 3. The quantitative estimate of drug-likeness (QED) is 0.191. The lowest BCUT2D eigenvalue weighted by Crippen LogP contribution is -2.52. The number of hydrogen-bond donors (Lipinski definition) is 0. The second-order valence-electron chi connectivity index (χ2n) is 6.59. The van der Waals surface area contributed by atoms with Crippen molar-refractivity contribution in [2.24, 2.45) is 0 Å². The van der Waals surface area contributed by atoms with Crippen LogP contribution in [-0.4, -0.2) is 45.7 Å². The summed E-state index contributed by atoms with van der Waals surface area (Å²) >= 11 is 14.8. The predicted octanol–water partition coefficient (Wildman–Crippen LogP) is 4.19. The Kier molecular flexibility index (Phi) is 6.73. The van der Waals surface area contributed by atoms with Gasteiger partial charge in [0, 0.05) is 26.2 Å². The van der Waals surface area contributed by atoms with Gasteiger partial charge >= 0.3 is 0 Å². The molecule has 160 valence electrons. The van der Waals surface area contributed by atoms with E-state index in [9.17, 15) is 19.7 Å². The Hall–Kier alpha value is -2.82. The van der Waals surface area contributed by atoms with Crippen molar-refractivity contribution in [1.29, 1.82) is 0 Å². The van der Waals surface area contributed by atoms with Gasteiger partial charge in [-0.15, -0.1) is 0 Å². The Labute approximate surface area is 196 Å². The van der Waals surface area contributed by atoms with Crippen LogP contribution in [0.4, 0.5) is 5.69 Å². The van der Waals surface area contributed by atoms with Crippen molar-refractivity contribution in [2.45, 2.75) is 6.61 Å². The van der Waals surface area contributed by atoms with E-state index in [2.05, 4.69) is 15.9 Å². The molecule has 31 heavy (non-hydrogen) atoms. The molecule has 8 nitrogen and oxygen atoms in total. The molecule has 0 atom stereocenters. The number of thiocarbonyl (C=S) groups is 1. The maximum absolute atomic E-state index is 12.5. The zero-order valence-electron chi connectivity index (χ0n) is 16.3. The molecule has 2 amide bonds. The van der Waals surface area contributed by atoms with Crippen molar-refractivity contribution in [1.82, 2.24) is 9.80 Å². The summed E-state index contributed by atoms with van der Waals surface area (Å²) in [5.74, 6) is -0.642. The average molecular weight is 525 g/mol. The molecule has 1 fully saturated rings. The van der Waals surface area contributed by atoms with Crippen LogP contribution in [0, 0.1) is 10.1 Å². The number of amides is 2. The second-order valence-corrected chi connectivity index (χ2v) is 8.22. The molecule has 1 aliphatic heterocycles. The van der Waals surface area contributed by atoms with E-state index in [1.165, 1.54) is 42.1 Å². The highest BCUT2D eigenvalue weighted by atomic mass is 79.9. The molecule has 0 bridgehead atoms. The third kappa shape index (κ3) is 4.76. The second kappa shape index (κ2) is 9.13. The van der Waals surface area contributed by atoms with Crippen LogP contribution in [-0.2, 0) is 16.2 Å². The standard InChI is InChI=1S/C20H15BrClN3O5S/c1-23-18(26)14(19(27)24(2)20(23)31)7-12-8-15(21)17(16(22)9-12)30-10-11-3-5-13(6-4-11)25(28)29/h3-9H,10H2,1-2H3. The Morgan fingerprint density at radius 2 is 1.74 bits per heavy atom. The van der Waals surface area contributed by atoms with E-state index in [4.69, 9.17) is 28.6 Å².